The number of halogens is 3. The summed E-state index contributed by atoms with van der Waals surface area (Å²) in [6.45, 7) is 0.305. The van der Waals surface area contributed by atoms with Crippen LogP contribution in [0.2, 0.25) is 0 Å². The van der Waals surface area contributed by atoms with Crippen molar-refractivity contribution < 1.29 is 13.2 Å². The van der Waals surface area contributed by atoms with E-state index in [2.05, 4.69) is 10.0 Å². The van der Waals surface area contributed by atoms with E-state index in [0.717, 1.165) is 22.4 Å². The lowest BCUT2D eigenvalue weighted by molar-refractivity contribution is -0.150. The fraction of sp³-hybridized carbons (Fsp3) is 0.318. The summed E-state index contributed by atoms with van der Waals surface area (Å²) in [5.41, 5.74) is 3.65. The van der Waals surface area contributed by atoms with Crippen LogP contribution in [0.1, 0.15) is 17.2 Å². The minimum absolute atomic E-state index is 0.0986. The van der Waals surface area contributed by atoms with Gasteiger partial charge in [-0.15, -0.1) is 0 Å². The predicted molar refractivity (Wildman–Crippen MR) is 105 cm³/mol. The Balaban J connectivity index is 1.75. The third-order valence-corrected chi connectivity index (χ3v) is 5.19. The molecule has 2 heterocycles. The van der Waals surface area contributed by atoms with Crippen molar-refractivity contribution in [1.29, 1.82) is 0 Å². The molecule has 2 aromatic carbocycles. The van der Waals surface area contributed by atoms with Crippen LogP contribution in [0.25, 0.3) is 6.08 Å². The second-order valence-corrected chi connectivity index (χ2v) is 7.44. The molecule has 2 unspecified atom stereocenters. The highest BCUT2D eigenvalue weighted by atomic mass is 19.4. The lowest BCUT2D eigenvalue weighted by atomic mass is 9.83. The maximum Gasteiger partial charge on any atom is 0.407 e. The van der Waals surface area contributed by atoms with Gasteiger partial charge in [-0.25, -0.2) is 0 Å². The number of likely N-dealkylation sites (tertiary alicyclic amines) is 1. The molecule has 0 bridgehead atoms. The van der Waals surface area contributed by atoms with Gasteiger partial charge >= 0.3 is 6.18 Å². The maximum atomic E-state index is 13.3. The Kier molecular flexibility index (Phi) is 4.98. The highest BCUT2D eigenvalue weighted by molar-refractivity contribution is 6.07. The summed E-state index contributed by atoms with van der Waals surface area (Å²) in [5, 5.41) is 5.73. The lowest BCUT2D eigenvalue weighted by Crippen LogP contribution is -2.42. The molecular weight excluding hydrogens is 363 g/mol. The van der Waals surface area contributed by atoms with E-state index in [9.17, 15) is 13.2 Å². The molecule has 0 saturated carbocycles. The Bertz CT molecular complexity index is 875. The summed E-state index contributed by atoms with van der Waals surface area (Å²) in [6.07, 6.45) is -2.26. The fourth-order valence-corrected chi connectivity index (χ4v) is 4.13. The number of piperidine rings is 1. The molecule has 0 aliphatic carbocycles. The Hall–Kier alpha value is -2.60. The van der Waals surface area contributed by atoms with Gasteiger partial charge in [0.15, 0.2) is 0 Å². The van der Waals surface area contributed by atoms with Crippen LogP contribution in [0.4, 0.5) is 13.2 Å². The minimum Gasteiger partial charge on any atom is -0.301 e. The van der Waals surface area contributed by atoms with Crippen molar-refractivity contribution in [1.82, 2.24) is 9.91 Å². The molecule has 0 radical (unpaired) electrons. The highest BCUT2D eigenvalue weighted by Gasteiger charge is 2.45. The summed E-state index contributed by atoms with van der Waals surface area (Å²) in [6, 6.07) is 18.8. The summed E-state index contributed by atoms with van der Waals surface area (Å²) in [4.78, 5) is 2.16. The van der Waals surface area contributed by atoms with Gasteiger partial charge in [-0.1, -0.05) is 60.7 Å². The number of benzene rings is 2. The van der Waals surface area contributed by atoms with Crippen LogP contribution in [0, 0.1) is 5.92 Å². The molecule has 0 spiro atoms. The minimum atomic E-state index is -4.31. The summed E-state index contributed by atoms with van der Waals surface area (Å²) in [7, 11) is 2.00. The van der Waals surface area contributed by atoms with Gasteiger partial charge in [0.2, 0.25) is 0 Å². The molecule has 4 rings (SSSR count). The molecule has 2 aliphatic rings. The number of rotatable bonds is 3. The van der Waals surface area contributed by atoms with Crippen molar-refractivity contribution in [3.05, 3.63) is 77.4 Å². The molecule has 2 aromatic rings. The quantitative estimate of drug-likeness (QED) is 0.769. The molecule has 0 N–H and O–H groups in total. The number of alkyl halides is 3. The van der Waals surface area contributed by atoms with E-state index in [0.29, 0.717) is 13.1 Å². The molecule has 1 saturated heterocycles. The standard InChI is InChI=1S/C22H22F3N3/c1-27-13-18(12-16-8-4-2-5-9-16)20-19(14-27)21(17-10-6-3-7-11-17)28(26-20)15-22(23,24)25/h2-12,19,21H,13-15H2,1H3/b18-12+. The van der Waals surface area contributed by atoms with Gasteiger partial charge < -0.3 is 4.90 Å². The zero-order valence-corrected chi connectivity index (χ0v) is 15.6. The van der Waals surface area contributed by atoms with Crippen molar-refractivity contribution in [3.63, 3.8) is 0 Å². The Morgan fingerprint density at radius 1 is 1.04 bits per heavy atom. The Morgan fingerprint density at radius 3 is 2.32 bits per heavy atom. The number of fused-ring (bicyclic) bond motifs is 1. The first kappa shape index (κ1) is 18.7. The van der Waals surface area contributed by atoms with Crippen LogP contribution in [-0.2, 0) is 0 Å². The van der Waals surface area contributed by atoms with E-state index in [1.54, 1.807) is 0 Å². The van der Waals surface area contributed by atoms with Crippen molar-refractivity contribution in [2.75, 3.05) is 26.7 Å². The van der Waals surface area contributed by atoms with Gasteiger partial charge in [0.25, 0.3) is 0 Å². The predicted octanol–water partition coefficient (Wildman–Crippen LogP) is 4.61. The van der Waals surface area contributed by atoms with Gasteiger partial charge in [-0.05, 0) is 29.8 Å². The SMILES string of the molecule is CN1C/C(=C\c2ccccc2)C2=NN(CC(F)(F)F)C(c3ccccc3)C2C1. The summed E-state index contributed by atoms with van der Waals surface area (Å²) in [5.74, 6) is -0.0986. The number of hydrogen-bond acceptors (Lipinski definition) is 3. The van der Waals surface area contributed by atoms with Crippen molar-refractivity contribution in [2.45, 2.75) is 12.2 Å². The van der Waals surface area contributed by atoms with E-state index in [-0.39, 0.29) is 5.92 Å². The molecule has 6 heteroatoms. The van der Waals surface area contributed by atoms with Crippen LogP contribution in [0.3, 0.4) is 0 Å². The largest absolute Gasteiger partial charge is 0.407 e. The van der Waals surface area contributed by atoms with Gasteiger partial charge in [-0.3, -0.25) is 5.01 Å². The molecule has 146 valence electrons. The molecule has 1 fully saturated rings. The van der Waals surface area contributed by atoms with Gasteiger partial charge in [0.1, 0.15) is 6.54 Å². The van der Waals surface area contributed by atoms with Crippen LogP contribution in [0.5, 0.6) is 0 Å². The van der Waals surface area contributed by atoms with Crippen LogP contribution in [0.15, 0.2) is 71.3 Å². The highest BCUT2D eigenvalue weighted by Crippen LogP contribution is 2.41. The average molecular weight is 385 g/mol. The summed E-state index contributed by atoms with van der Waals surface area (Å²) < 4.78 is 39.8. The van der Waals surface area contributed by atoms with Crippen molar-refractivity contribution >= 4 is 11.8 Å². The topological polar surface area (TPSA) is 18.8 Å². The summed E-state index contributed by atoms with van der Waals surface area (Å²) >= 11 is 0. The number of hydrogen-bond donors (Lipinski definition) is 0. The smallest absolute Gasteiger partial charge is 0.301 e. The number of nitrogens with zero attached hydrogens (tertiary/aromatic N) is 3. The number of hydrazone groups is 1. The molecule has 3 nitrogen and oxygen atoms in total. The zero-order chi connectivity index (χ0) is 19.7. The van der Waals surface area contributed by atoms with Gasteiger partial charge in [-0.2, -0.15) is 18.3 Å². The third-order valence-electron chi connectivity index (χ3n) is 5.19. The second kappa shape index (κ2) is 7.43. The second-order valence-electron chi connectivity index (χ2n) is 7.44. The molecule has 28 heavy (non-hydrogen) atoms. The van der Waals surface area contributed by atoms with E-state index < -0.39 is 18.8 Å². The van der Waals surface area contributed by atoms with E-state index in [4.69, 9.17) is 0 Å². The van der Waals surface area contributed by atoms with E-state index >= 15 is 0 Å². The van der Waals surface area contributed by atoms with Crippen LogP contribution in [-0.4, -0.2) is 48.5 Å². The number of likely N-dealkylation sites (N-methyl/N-ethyl adjacent to an activating group) is 1. The van der Waals surface area contributed by atoms with Gasteiger partial charge in [0, 0.05) is 19.0 Å². The lowest BCUT2D eigenvalue weighted by Gasteiger charge is -2.34. The first-order valence-electron chi connectivity index (χ1n) is 9.32. The zero-order valence-electron chi connectivity index (χ0n) is 15.6. The Morgan fingerprint density at radius 2 is 1.68 bits per heavy atom. The van der Waals surface area contributed by atoms with Crippen LogP contribution < -0.4 is 0 Å². The third kappa shape index (κ3) is 3.97. The first-order valence-corrected chi connectivity index (χ1v) is 9.32. The van der Waals surface area contributed by atoms with E-state index in [1.165, 1.54) is 5.01 Å². The first-order chi connectivity index (χ1) is 13.4. The van der Waals surface area contributed by atoms with Crippen molar-refractivity contribution in [2.24, 2.45) is 11.0 Å². The molecule has 2 atom stereocenters. The fourth-order valence-electron chi connectivity index (χ4n) is 4.13. The molecule has 0 amide bonds. The Labute approximate surface area is 162 Å². The molecule has 0 aromatic heterocycles. The maximum absolute atomic E-state index is 13.3. The van der Waals surface area contributed by atoms with E-state index in [1.807, 2.05) is 73.8 Å². The normalized spacial score (nSPS) is 24.4. The molecule has 2 aliphatic heterocycles. The molecular formula is C22H22F3N3. The van der Waals surface area contributed by atoms with Gasteiger partial charge in [0.05, 0.1) is 11.8 Å². The van der Waals surface area contributed by atoms with Crippen molar-refractivity contribution in [3.8, 4) is 0 Å². The average Bonchev–Trinajstić information content (AvgIpc) is 2.99. The monoisotopic (exact) mass is 385 g/mol. The van der Waals surface area contributed by atoms with Crippen LogP contribution >= 0.6 is 0 Å².